The Balaban J connectivity index is 2.37. The molecule has 0 saturated heterocycles. The maximum absolute atomic E-state index is 2.48. The highest BCUT2D eigenvalue weighted by Crippen LogP contribution is 2.33. The van der Waals surface area contributed by atoms with Gasteiger partial charge in [0.05, 0.1) is 0 Å². The highest BCUT2D eigenvalue weighted by Gasteiger charge is 2.30. The third-order valence-corrected chi connectivity index (χ3v) is 10.3. The summed E-state index contributed by atoms with van der Waals surface area (Å²) in [5, 5.41) is 0. The van der Waals surface area contributed by atoms with Gasteiger partial charge in [0.15, 0.2) is 0 Å². The first-order chi connectivity index (χ1) is 5.52. The van der Waals surface area contributed by atoms with Gasteiger partial charge in [-0.1, -0.05) is 38.8 Å². The van der Waals surface area contributed by atoms with Crippen molar-refractivity contribution < 1.29 is 0 Å². The summed E-state index contributed by atoms with van der Waals surface area (Å²) in [7, 11) is 1.21. The number of halogens is 1. The SMILES string of the molecule is CN(I)[Si](C)(C)CC1CCCC1. The van der Waals surface area contributed by atoms with Crippen molar-refractivity contribution in [2.45, 2.75) is 44.8 Å². The Labute approximate surface area is 91.5 Å². The van der Waals surface area contributed by atoms with Gasteiger partial charge < -0.3 is 0 Å². The Kier molecular flexibility index (Phi) is 4.04. The largest absolute Gasteiger partial charge is 0.272 e. The molecule has 12 heavy (non-hydrogen) atoms. The minimum Gasteiger partial charge on any atom is -0.272 e. The molecule has 1 aliphatic carbocycles. The molecular weight excluding hydrogens is 277 g/mol. The topological polar surface area (TPSA) is 3.24 Å². The van der Waals surface area contributed by atoms with Crippen LogP contribution in [0.25, 0.3) is 0 Å². The highest BCUT2D eigenvalue weighted by molar-refractivity contribution is 14.1. The normalized spacial score (nSPS) is 20.8. The van der Waals surface area contributed by atoms with Crippen molar-refractivity contribution in [1.29, 1.82) is 0 Å². The van der Waals surface area contributed by atoms with Crippen molar-refractivity contribution in [2.24, 2.45) is 5.92 Å². The standard InChI is InChI=1S/C9H20INSi/c1-11(10)12(2,3)8-9-6-4-5-7-9/h9H,4-8H2,1-3H3. The van der Waals surface area contributed by atoms with E-state index in [2.05, 4.69) is 45.8 Å². The summed E-state index contributed by atoms with van der Waals surface area (Å²) in [6.07, 6.45) is 5.97. The average molecular weight is 297 g/mol. The van der Waals surface area contributed by atoms with Gasteiger partial charge in [0, 0.05) is 22.9 Å². The molecule has 1 aliphatic rings. The van der Waals surface area contributed by atoms with Crippen molar-refractivity contribution in [2.75, 3.05) is 7.05 Å². The van der Waals surface area contributed by atoms with Crippen LogP contribution in [0.2, 0.25) is 19.1 Å². The molecule has 1 saturated carbocycles. The molecule has 0 aromatic heterocycles. The molecule has 0 aliphatic heterocycles. The van der Waals surface area contributed by atoms with E-state index < -0.39 is 8.24 Å². The molecule has 0 bridgehead atoms. The lowest BCUT2D eigenvalue weighted by atomic mass is 10.1. The quantitative estimate of drug-likeness (QED) is 0.436. The van der Waals surface area contributed by atoms with Gasteiger partial charge in [0.25, 0.3) is 0 Å². The van der Waals surface area contributed by atoms with Crippen molar-refractivity contribution in [3.05, 3.63) is 0 Å². The van der Waals surface area contributed by atoms with Crippen molar-refractivity contribution in [3.63, 3.8) is 0 Å². The maximum atomic E-state index is 2.48. The zero-order valence-corrected chi connectivity index (χ0v) is 11.6. The molecule has 0 aromatic carbocycles. The van der Waals surface area contributed by atoms with Gasteiger partial charge in [0.2, 0.25) is 0 Å². The molecule has 72 valence electrons. The Morgan fingerprint density at radius 2 is 1.83 bits per heavy atom. The molecule has 0 unspecified atom stereocenters. The van der Waals surface area contributed by atoms with Crippen LogP contribution < -0.4 is 0 Å². The van der Waals surface area contributed by atoms with E-state index in [0.717, 1.165) is 5.92 Å². The maximum Gasteiger partial charge on any atom is 0.133 e. The fraction of sp³-hybridized carbons (Fsp3) is 1.00. The van der Waals surface area contributed by atoms with E-state index in [9.17, 15) is 0 Å². The first kappa shape index (κ1) is 11.0. The van der Waals surface area contributed by atoms with Crippen LogP contribution in [0.15, 0.2) is 0 Å². The molecule has 3 heteroatoms. The molecular formula is C9H20INSi. The second-order valence-electron chi connectivity index (χ2n) is 4.64. The third-order valence-electron chi connectivity index (χ3n) is 3.10. The summed E-state index contributed by atoms with van der Waals surface area (Å²) in [6.45, 7) is 4.97. The number of nitrogens with zero attached hydrogens (tertiary/aromatic N) is 1. The van der Waals surface area contributed by atoms with Crippen LogP contribution in [-0.2, 0) is 0 Å². The lowest BCUT2D eigenvalue weighted by Gasteiger charge is -2.30. The predicted molar refractivity (Wildman–Crippen MR) is 66.0 cm³/mol. The summed E-state index contributed by atoms with van der Waals surface area (Å²) in [4.78, 5) is 0. The second kappa shape index (κ2) is 4.42. The van der Waals surface area contributed by atoms with Crippen molar-refractivity contribution in [3.8, 4) is 0 Å². The van der Waals surface area contributed by atoms with Crippen LogP contribution in [-0.4, -0.2) is 18.1 Å². The van der Waals surface area contributed by atoms with Crippen molar-refractivity contribution in [1.82, 2.24) is 2.78 Å². The summed E-state index contributed by atoms with van der Waals surface area (Å²) >= 11 is 2.47. The summed E-state index contributed by atoms with van der Waals surface area (Å²) < 4.78 is 2.46. The van der Waals surface area contributed by atoms with Gasteiger partial charge in [-0.3, -0.25) is 2.78 Å². The first-order valence-electron chi connectivity index (χ1n) is 4.92. The van der Waals surface area contributed by atoms with Gasteiger partial charge in [-0.2, -0.15) is 0 Å². The number of hydrogen-bond donors (Lipinski definition) is 0. The van der Waals surface area contributed by atoms with Crippen molar-refractivity contribution >= 4 is 31.1 Å². The van der Waals surface area contributed by atoms with Crippen LogP contribution in [0.4, 0.5) is 0 Å². The van der Waals surface area contributed by atoms with Crippen LogP contribution in [0.3, 0.4) is 0 Å². The van der Waals surface area contributed by atoms with Gasteiger partial charge in [-0.15, -0.1) is 0 Å². The fourth-order valence-corrected chi connectivity index (χ4v) is 4.71. The van der Waals surface area contributed by atoms with Crippen LogP contribution >= 0.6 is 22.9 Å². The van der Waals surface area contributed by atoms with Gasteiger partial charge in [0.1, 0.15) is 8.24 Å². The molecule has 0 aromatic rings. The minimum atomic E-state index is -1.03. The van der Waals surface area contributed by atoms with Crippen LogP contribution in [0, 0.1) is 5.92 Å². The molecule has 1 fully saturated rings. The van der Waals surface area contributed by atoms with Gasteiger partial charge in [-0.25, -0.2) is 0 Å². The van der Waals surface area contributed by atoms with Gasteiger partial charge >= 0.3 is 0 Å². The van der Waals surface area contributed by atoms with E-state index >= 15 is 0 Å². The van der Waals surface area contributed by atoms with Gasteiger partial charge in [-0.05, 0) is 19.0 Å². The Bertz CT molecular complexity index is 141. The lowest BCUT2D eigenvalue weighted by molar-refractivity contribution is 0.590. The molecule has 0 heterocycles. The summed E-state index contributed by atoms with van der Waals surface area (Å²) in [5.41, 5.74) is 0. The molecule has 1 rings (SSSR count). The molecule has 0 N–H and O–H groups in total. The second-order valence-corrected chi connectivity index (χ2v) is 11.7. The summed E-state index contributed by atoms with van der Waals surface area (Å²) in [5.74, 6) is 1.06. The smallest absolute Gasteiger partial charge is 0.133 e. The zero-order valence-electron chi connectivity index (χ0n) is 8.44. The molecule has 0 atom stereocenters. The third kappa shape index (κ3) is 2.99. The van der Waals surface area contributed by atoms with E-state index in [1.165, 1.54) is 31.7 Å². The molecule has 0 radical (unpaired) electrons. The highest BCUT2D eigenvalue weighted by atomic mass is 127. The fourth-order valence-electron chi connectivity index (χ4n) is 2.05. The van der Waals surface area contributed by atoms with E-state index in [1.54, 1.807) is 0 Å². The molecule has 0 amide bonds. The first-order valence-corrected chi connectivity index (χ1v) is 9.04. The van der Waals surface area contributed by atoms with Crippen LogP contribution in [0.5, 0.6) is 0 Å². The zero-order chi connectivity index (χ0) is 9.19. The Hall–Kier alpha value is 0.907. The Morgan fingerprint density at radius 3 is 2.25 bits per heavy atom. The lowest BCUT2D eigenvalue weighted by Crippen LogP contribution is -2.40. The molecule has 1 nitrogen and oxygen atoms in total. The Morgan fingerprint density at radius 1 is 1.33 bits per heavy atom. The van der Waals surface area contributed by atoms with E-state index in [0.29, 0.717) is 0 Å². The molecule has 0 spiro atoms. The van der Waals surface area contributed by atoms with Crippen LogP contribution in [0.1, 0.15) is 25.7 Å². The summed E-state index contributed by atoms with van der Waals surface area (Å²) in [6, 6.07) is 1.51. The minimum absolute atomic E-state index is 1.03. The average Bonchev–Trinajstić information content (AvgIpc) is 2.38. The monoisotopic (exact) mass is 297 g/mol. The van der Waals surface area contributed by atoms with E-state index in [1.807, 2.05) is 0 Å². The number of rotatable bonds is 3. The van der Waals surface area contributed by atoms with E-state index in [4.69, 9.17) is 0 Å². The predicted octanol–water partition coefficient (Wildman–Crippen LogP) is 3.66. The number of hydrogen-bond acceptors (Lipinski definition) is 1. The van der Waals surface area contributed by atoms with E-state index in [-0.39, 0.29) is 0 Å².